The first kappa shape index (κ1) is 28.6. The number of para-hydroxylation sites is 2. The number of hydrogen-bond acceptors (Lipinski definition) is 4. The van der Waals surface area contributed by atoms with Crippen LogP contribution in [-0.4, -0.2) is 25.0 Å². The van der Waals surface area contributed by atoms with E-state index in [-0.39, 0.29) is 25.0 Å². The molecule has 0 spiro atoms. The van der Waals surface area contributed by atoms with E-state index >= 15 is 0 Å². The number of nitrogens with one attached hydrogen (secondary N) is 2. The van der Waals surface area contributed by atoms with Crippen LogP contribution in [0.5, 0.6) is 11.5 Å². The second-order valence-electron chi connectivity index (χ2n) is 8.71. The molecule has 0 atom stereocenters. The normalized spacial score (nSPS) is 10.9. The summed E-state index contributed by atoms with van der Waals surface area (Å²) < 4.78 is 15.1. The van der Waals surface area contributed by atoms with Gasteiger partial charge in [-0.1, -0.05) is 68.3 Å². The molecule has 0 aliphatic carbocycles. The van der Waals surface area contributed by atoms with Crippen LogP contribution in [0.25, 0.3) is 21.5 Å². The van der Waals surface area contributed by atoms with E-state index in [1.165, 1.54) is 0 Å². The zero-order valence-corrected chi connectivity index (χ0v) is 27.0. The Hall–Kier alpha value is -2.92. The van der Waals surface area contributed by atoms with Crippen LogP contribution in [-0.2, 0) is 9.59 Å². The second-order valence-corrected chi connectivity index (χ2v) is 12.1. The molecule has 0 bridgehead atoms. The summed E-state index contributed by atoms with van der Waals surface area (Å²) in [5, 5.41) is 9.63. The molecule has 0 fully saturated rings. The van der Waals surface area contributed by atoms with Crippen molar-refractivity contribution in [2.75, 3.05) is 23.8 Å². The molecule has 0 aromatic heterocycles. The fourth-order valence-corrected chi connectivity index (χ4v) is 6.04. The van der Waals surface area contributed by atoms with Gasteiger partial charge in [0.2, 0.25) is 0 Å². The Balaban J connectivity index is 1.19. The number of amides is 2. The fourth-order valence-electron chi connectivity index (χ4n) is 4.07. The van der Waals surface area contributed by atoms with Crippen molar-refractivity contribution in [3.05, 3.63) is 103 Å². The summed E-state index contributed by atoms with van der Waals surface area (Å²) in [6.45, 7) is -0.419. The van der Waals surface area contributed by atoms with Gasteiger partial charge in [0.15, 0.2) is 13.2 Å². The van der Waals surface area contributed by atoms with Gasteiger partial charge in [0.05, 0.1) is 20.3 Å². The highest BCUT2D eigenvalue weighted by Gasteiger charge is 2.14. The van der Waals surface area contributed by atoms with Gasteiger partial charge < -0.3 is 20.1 Å². The van der Waals surface area contributed by atoms with Crippen molar-refractivity contribution < 1.29 is 19.1 Å². The van der Waals surface area contributed by atoms with Gasteiger partial charge in [-0.15, -0.1) is 0 Å². The number of ether oxygens (including phenoxy) is 2. The molecule has 5 rings (SSSR count). The fraction of sp³-hybridized carbons (Fsp3) is 0.0667. The van der Waals surface area contributed by atoms with E-state index in [1.807, 2.05) is 60.7 Å². The summed E-state index contributed by atoms with van der Waals surface area (Å²) >= 11 is 14.1. The van der Waals surface area contributed by atoms with Crippen LogP contribution in [0.15, 0.2) is 103 Å². The highest BCUT2D eigenvalue weighted by molar-refractivity contribution is 9.11. The highest BCUT2D eigenvalue weighted by atomic mass is 79.9. The minimum Gasteiger partial charge on any atom is -0.483 e. The van der Waals surface area contributed by atoms with Crippen molar-refractivity contribution in [1.29, 1.82) is 0 Å². The Morgan fingerprint density at radius 1 is 0.575 bits per heavy atom. The van der Waals surface area contributed by atoms with Gasteiger partial charge in [-0.2, -0.15) is 0 Å². The molecule has 2 N–H and O–H groups in total. The van der Waals surface area contributed by atoms with Gasteiger partial charge in [0, 0.05) is 8.95 Å². The maximum absolute atomic E-state index is 12.7. The Morgan fingerprint density at radius 3 is 1.43 bits per heavy atom. The summed E-state index contributed by atoms with van der Waals surface area (Å²) in [5.74, 6) is 0.368. The monoisotopic (exact) mass is 788 g/mol. The molecule has 5 aromatic rings. The van der Waals surface area contributed by atoms with E-state index in [0.29, 0.717) is 22.9 Å². The topological polar surface area (TPSA) is 76.7 Å². The number of rotatable bonds is 8. The molecule has 0 saturated carbocycles. The quantitative estimate of drug-likeness (QED) is 0.165. The predicted octanol–water partition coefficient (Wildman–Crippen LogP) is 9.08. The molecule has 0 aliphatic rings. The van der Waals surface area contributed by atoms with Crippen LogP contribution in [0.2, 0.25) is 0 Å². The lowest BCUT2D eigenvalue weighted by molar-refractivity contribution is -0.119. The van der Waals surface area contributed by atoms with Crippen LogP contribution >= 0.6 is 63.7 Å². The van der Waals surface area contributed by atoms with Crippen LogP contribution in [0, 0.1) is 0 Å². The third kappa shape index (κ3) is 6.68. The lowest BCUT2D eigenvalue weighted by Crippen LogP contribution is -2.23. The number of hydrogen-bond donors (Lipinski definition) is 2. The average molecular weight is 792 g/mol. The zero-order valence-electron chi connectivity index (χ0n) is 20.6. The maximum atomic E-state index is 12.7. The summed E-state index contributed by atoms with van der Waals surface area (Å²) in [7, 11) is 0. The zero-order chi connectivity index (χ0) is 28.2. The first-order valence-electron chi connectivity index (χ1n) is 12.0. The molecule has 202 valence electrons. The lowest BCUT2D eigenvalue weighted by Gasteiger charge is -2.14. The van der Waals surface area contributed by atoms with Crippen molar-refractivity contribution >= 4 is 108 Å². The van der Waals surface area contributed by atoms with Crippen molar-refractivity contribution in [1.82, 2.24) is 0 Å². The molecule has 0 aliphatic heterocycles. The number of benzene rings is 5. The minimum absolute atomic E-state index is 0.210. The Morgan fingerprint density at radius 2 is 1.00 bits per heavy atom. The average Bonchev–Trinajstić information content (AvgIpc) is 2.93. The van der Waals surface area contributed by atoms with Gasteiger partial charge in [-0.05, 0) is 102 Å². The number of carbonyl (C=O) groups is 2. The minimum atomic E-state index is -0.368. The third-order valence-corrected chi connectivity index (χ3v) is 8.58. The van der Waals surface area contributed by atoms with Crippen molar-refractivity contribution in [3.63, 3.8) is 0 Å². The van der Waals surface area contributed by atoms with Crippen molar-refractivity contribution in [2.24, 2.45) is 0 Å². The van der Waals surface area contributed by atoms with Crippen molar-refractivity contribution in [2.45, 2.75) is 0 Å². The van der Waals surface area contributed by atoms with E-state index in [9.17, 15) is 9.59 Å². The van der Waals surface area contributed by atoms with Gasteiger partial charge in [-0.3, -0.25) is 9.59 Å². The van der Waals surface area contributed by atoms with Crippen LogP contribution in [0.4, 0.5) is 11.4 Å². The molecule has 0 saturated heterocycles. The van der Waals surface area contributed by atoms with Gasteiger partial charge in [-0.25, -0.2) is 0 Å². The molecule has 0 unspecified atom stereocenters. The first-order chi connectivity index (χ1) is 19.3. The first-order valence-corrected chi connectivity index (χ1v) is 15.2. The number of fused-ring (bicyclic) bond motifs is 2. The van der Waals surface area contributed by atoms with Crippen LogP contribution < -0.4 is 20.1 Å². The van der Waals surface area contributed by atoms with Crippen LogP contribution in [0.3, 0.4) is 0 Å². The Bertz CT molecular complexity index is 1630. The molecule has 0 heterocycles. The van der Waals surface area contributed by atoms with Gasteiger partial charge in [0.1, 0.15) is 11.5 Å². The van der Waals surface area contributed by atoms with Gasteiger partial charge in [0.25, 0.3) is 11.8 Å². The SMILES string of the molecule is O=C(COc1ccc2cc(Br)ccc2c1Br)Nc1ccccc1NC(=O)COc1ccc2cc(Br)ccc2c1Br. The molecule has 2 amide bonds. The van der Waals surface area contributed by atoms with Gasteiger partial charge >= 0.3 is 0 Å². The van der Waals surface area contributed by atoms with Crippen LogP contribution in [0.1, 0.15) is 0 Å². The molecular weight excluding hydrogens is 772 g/mol. The molecule has 40 heavy (non-hydrogen) atoms. The largest absolute Gasteiger partial charge is 0.483 e. The molecule has 5 aromatic carbocycles. The Kier molecular flexibility index (Phi) is 9.10. The number of anilines is 2. The van der Waals surface area contributed by atoms with E-state index < -0.39 is 0 Å². The maximum Gasteiger partial charge on any atom is 0.262 e. The standard InChI is InChI=1S/C30H20Br4N2O4/c31-19-7-9-21-17(13-19)5-11-25(29(21)33)39-15-27(37)35-23-3-1-2-4-24(23)36-28(38)16-40-26-12-6-18-14-20(32)8-10-22(18)30(26)34/h1-14H,15-16H2,(H,35,37)(H,36,38). The smallest absolute Gasteiger partial charge is 0.262 e. The van der Waals surface area contributed by atoms with Crippen molar-refractivity contribution in [3.8, 4) is 11.5 Å². The summed E-state index contributed by atoms with van der Waals surface area (Å²) in [5.41, 5.74) is 0.897. The highest BCUT2D eigenvalue weighted by Crippen LogP contribution is 2.35. The summed E-state index contributed by atoms with van der Waals surface area (Å²) in [4.78, 5) is 25.4. The molecule has 6 nitrogen and oxygen atoms in total. The number of carbonyl (C=O) groups excluding carboxylic acids is 2. The third-order valence-electron chi connectivity index (χ3n) is 5.95. The predicted molar refractivity (Wildman–Crippen MR) is 173 cm³/mol. The van der Waals surface area contributed by atoms with E-state index in [2.05, 4.69) is 74.4 Å². The molecular formula is C30H20Br4N2O4. The second kappa shape index (κ2) is 12.7. The van der Waals surface area contributed by atoms with E-state index in [0.717, 1.165) is 39.4 Å². The summed E-state index contributed by atoms with van der Waals surface area (Å²) in [6.07, 6.45) is 0. The Labute approximate surface area is 263 Å². The lowest BCUT2D eigenvalue weighted by atomic mass is 10.1. The van der Waals surface area contributed by atoms with E-state index in [1.54, 1.807) is 24.3 Å². The summed E-state index contributed by atoms with van der Waals surface area (Å²) in [6, 6.07) is 26.3. The molecule has 10 heteroatoms. The van der Waals surface area contributed by atoms with E-state index in [4.69, 9.17) is 9.47 Å². The number of halogens is 4. The molecule has 0 radical (unpaired) electrons.